The van der Waals surface area contributed by atoms with E-state index in [0.717, 1.165) is 15.6 Å². The fourth-order valence-corrected chi connectivity index (χ4v) is 3.11. The van der Waals surface area contributed by atoms with Crippen LogP contribution in [-0.2, 0) is 4.79 Å². The Morgan fingerprint density at radius 3 is 2.74 bits per heavy atom. The third kappa shape index (κ3) is 2.61. The van der Waals surface area contributed by atoms with Crippen LogP contribution < -0.4 is 0 Å². The molecule has 1 saturated heterocycles. The lowest BCUT2D eigenvalue weighted by Crippen LogP contribution is -2.43. The molecule has 1 aromatic carbocycles. The second-order valence-corrected chi connectivity index (χ2v) is 6.06. The van der Waals surface area contributed by atoms with Crippen LogP contribution in [0.3, 0.4) is 0 Å². The molecular formula is C14H16INO3. The summed E-state index contributed by atoms with van der Waals surface area (Å²) >= 11 is 2.14. The Morgan fingerprint density at radius 2 is 2.11 bits per heavy atom. The van der Waals surface area contributed by atoms with Gasteiger partial charge in [-0.2, -0.15) is 0 Å². The number of hydrogen-bond donors (Lipinski definition) is 1. The highest BCUT2D eigenvalue weighted by Crippen LogP contribution is 2.27. The van der Waals surface area contributed by atoms with Gasteiger partial charge in [-0.3, -0.25) is 4.79 Å². The van der Waals surface area contributed by atoms with E-state index in [1.807, 2.05) is 26.0 Å². The number of carboxylic acid groups (broad SMARTS) is 1. The van der Waals surface area contributed by atoms with Gasteiger partial charge in [-0.05, 0) is 53.5 Å². The lowest BCUT2D eigenvalue weighted by atomic mass is 10.0. The quantitative estimate of drug-likeness (QED) is 0.811. The van der Waals surface area contributed by atoms with Gasteiger partial charge in [0.15, 0.2) is 0 Å². The molecule has 0 spiro atoms. The maximum absolute atomic E-state index is 12.5. The number of carbonyl (C=O) groups is 2. The van der Waals surface area contributed by atoms with Crippen molar-refractivity contribution in [2.45, 2.75) is 26.3 Å². The molecule has 1 aromatic rings. The molecule has 1 N–H and O–H groups in total. The highest BCUT2D eigenvalue weighted by molar-refractivity contribution is 14.1. The maximum atomic E-state index is 12.5. The molecular weight excluding hydrogens is 357 g/mol. The minimum Gasteiger partial charge on any atom is -0.480 e. The summed E-state index contributed by atoms with van der Waals surface area (Å²) in [7, 11) is 0. The minimum absolute atomic E-state index is 0.00363. The lowest BCUT2D eigenvalue weighted by Gasteiger charge is -2.24. The summed E-state index contributed by atoms with van der Waals surface area (Å²) in [6.45, 7) is 4.34. The Labute approximate surface area is 125 Å². The summed E-state index contributed by atoms with van der Waals surface area (Å²) < 4.78 is 0.897. The van der Waals surface area contributed by atoms with Crippen molar-refractivity contribution >= 4 is 34.5 Å². The SMILES string of the molecule is Cc1cccc(C(=O)N2CCC(C)C2C(=O)O)c1I. The fourth-order valence-electron chi connectivity index (χ4n) is 2.52. The van der Waals surface area contributed by atoms with Crippen molar-refractivity contribution in [3.8, 4) is 0 Å². The molecule has 5 heteroatoms. The molecule has 2 atom stereocenters. The number of likely N-dealkylation sites (tertiary alicyclic amines) is 1. The van der Waals surface area contributed by atoms with Crippen molar-refractivity contribution in [3.63, 3.8) is 0 Å². The fraction of sp³-hybridized carbons (Fsp3) is 0.429. The van der Waals surface area contributed by atoms with Crippen molar-refractivity contribution in [1.82, 2.24) is 4.90 Å². The summed E-state index contributed by atoms with van der Waals surface area (Å²) in [6.07, 6.45) is 0.741. The van der Waals surface area contributed by atoms with Gasteiger partial charge >= 0.3 is 5.97 Å². The van der Waals surface area contributed by atoms with E-state index in [2.05, 4.69) is 22.6 Å². The van der Waals surface area contributed by atoms with Crippen LogP contribution in [0.2, 0.25) is 0 Å². The molecule has 0 aromatic heterocycles. The Morgan fingerprint density at radius 1 is 1.42 bits per heavy atom. The smallest absolute Gasteiger partial charge is 0.326 e. The molecule has 102 valence electrons. The molecule has 0 saturated carbocycles. The van der Waals surface area contributed by atoms with E-state index in [1.54, 1.807) is 6.07 Å². The van der Waals surface area contributed by atoms with Gasteiger partial charge in [-0.15, -0.1) is 0 Å². The zero-order chi connectivity index (χ0) is 14.2. The molecule has 1 amide bonds. The van der Waals surface area contributed by atoms with Crippen molar-refractivity contribution in [1.29, 1.82) is 0 Å². The Kier molecular flexibility index (Phi) is 4.13. The lowest BCUT2D eigenvalue weighted by molar-refractivity contribution is -0.142. The van der Waals surface area contributed by atoms with Gasteiger partial charge in [0.05, 0.1) is 5.56 Å². The summed E-state index contributed by atoms with van der Waals surface area (Å²) in [6, 6.07) is 4.84. The number of carbonyl (C=O) groups excluding carboxylic acids is 1. The third-order valence-corrected chi connectivity index (χ3v) is 5.07. The Hall–Kier alpha value is -1.11. The first-order valence-electron chi connectivity index (χ1n) is 6.22. The van der Waals surface area contributed by atoms with E-state index in [1.165, 1.54) is 4.90 Å². The summed E-state index contributed by atoms with van der Waals surface area (Å²) in [5.74, 6) is -1.09. The average Bonchev–Trinajstić information content (AvgIpc) is 2.74. The van der Waals surface area contributed by atoms with E-state index in [-0.39, 0.29) is 11.8 Å². The third-order valence-electron chi connectivity index (χ3n) is 3.64. The standard InChI is InChI=1S/C14H16INO3/c1-8-4-3-5-10(11(8)15)13(17)16-7-6-9(2)12(16)14(18)19/h3-5,9,12H,6-7H2,1-2H3,(H,18,19). The number of benzene rings is 1. The highest BCUT2D eigenvalue weighted by atomic mass is 127. The van der Waals surface area contributed by atoms with Crippen LogP contribution in [0, 0.1) is 16.4 Å². The van der Waals surface area contributed by atoms with E-state index < -0.39 is 12.0 Å². The van der Waals surface area contributed by atoms with E-state index in [4.69, 9.17) is 0 Å². The number of nitrogens with zero attached hydrogens (tertiary/aromatic N) is 1. The zero-order valence-electron chi connectivity index (χ0n) is 10.9. The summed E-state index contributed by atoms with van der Waals surface area (Å²) in [4.78, 5) is 25.3. The van der Waals surface area contributed by atoms with Crippen molar-refractivity contribution in [2.75, 3.05) is 6.54 Å². The molecule has 1 aliphatic rings. The predicted octanol–water partition coefficient (Wildman–Crippen LogP) is 2.53. The molecule has 4 nitrogen and oxygen atoms in total. The predicted molar refractivity (Wildman–Crippen MR) is 80.1 cm³/mol. The van der Waals surface area contributed by atoms with Gasteiger partial charge in [0.25, 0.3) is 5.91 Å². The first-order valence-corrected chi connectivity index (χ1v) is 7.30. The number of aliphatic carboxylic acids is 1. The van der Waals surface area contributed by atoms with Crippen molar-refractivity contribution in [2.24, 2.45) is 5.92 Å². The van der Waals surface area contributed by atoms with Gasteiger partial charge in [0.1, 0.15) is 6.04 Å². The van der Waals surface area contributed by atoms with Crippen molar-refractivity contribution in [3.05, 3.63) is 32.9 Å². The number of hydrogen-bond acceptors (Lipinski definition) is 2. The van der Waals surface area contributed by atoms with Crippen LogP contribution in [0.1, 0.15) is 29.3 Å². The van der Waals surface area contributed by atoms with Crippen LogP contribution in [0.15, 0.2) is 18.2 Å². The van der Waals surface area contributed by atoms with Gasteiger partial charge in [-0.1, -0.05) is 19.1 Å². The summed E-state index contributed by atoms with van der Waals surface area (Å²) in [5.41, 5.74) is 1.63. The van der Waals surface area contributed by atoms with Gasteiger partial charge < -0.3 is 10.0 Å². The first kappa shape index (κ1) is 14.3. The van der Waals surface area contributed by atoms with E-state index in [0.29, 0.717) is 12.1 Å². The molecule has 19 heavy (non-hydrogen) atoms. The van der Waals surface area contributed by atoms with Crippen LogP contribution in [-0.4, -0.2) is 34.5 Å². The van der Waals surface area contributed by atoms with Crippen LogP contribution in [0.25, 0.3) is 0 Å². The average molecular weight is 373 g/mol. The largest absolute Gasteiger partial charge is 0.480 e. The number of carboxylic acids is 1. The van der Waals surface area contributed by atoms with Gasteiger partial charge in [0, 0.05) is 10.1 Å². The Bertz CT molecular complexity index is 529. The first-order chi connectivity index (χ1) is 8.93. The van der Waals surface area contributed by atoms with Crippen LogP contribution in [0.5, 0.6) is 0 Å². The topological polar surface area (TPSA) is 57.6 Å². The van der Waals surface area contributed by atoms with Gasteiger partial charge in [0.2, 0.25) is 0 Å². The molecule has 0 radical (unpaired) electrons. The second kappa shape index (κ2) is 5.48. The van der Waals surface area contributed by atoms with Crippen LogP contribution >= 0.6 is 22.6 Å². The molecule has 1 aliphatic heterocycles. The number of amides is 1. The highest BCUT2D eigenvalue weighted by Gasteiger charge is 2.40. The normalized spacial score (nSPS) is 22.6. The molecule has 2 unspecified atom stereocenters. The minimum atomic E-state index is -0.916. The summed E-state index contributed by atoms with van der Waals surface area (Å²) in [5, 5.41) is 9.28. The zero-order valence-corrected chi connectivity index (χ0v) is 13.0. The monoisotopic (exact) mass is 373 g/mol. The van der Waals surface area contributed by atoms with Crippen molar-refractivity contribution < 1.29 is 14.7 Å². The number of halogens is 1. The van der Waals surface area contributed by atoms with E-state index in [9.17, 15) is 14.7 Å². The number of rotatable bonds is 2. The second-order valence-electron chi connectivity index (χ2n) is 4.98. The number of aryl methyl sites for hydroxylation is 1. The maximum Gasteiger partial charge on any atom is 0.326 e. The van der Waals surface area contributed by atoms with Gasteiger partial charge in [-0.25, -0.2) is 4.79 Å². The van der Waals surface area contributed by atoms with Crippen LogP contribution in [0.4, 0.5) is 0 Å². The van der Waals surface area contributed by atoms with E-state index >= 15 is 0 Å². The molecule has 1 heterocycles. The Balaban J connectivity index is 2.34. The molecule has 0 bridgehead atoms. The molecule has 2 rings (SSSR count). The molecule has 0 aliphatic carbocycles. The molecule has 1 fully saturated rings.